The van der Waals surface area contributed by atoms with E-state index in [-0.39, 0.29) is 53.4 Å². The molecule has 2 fully saturated rings. The minimum Gasteiger partial charge on any atom is -0.756 e. The van der Waals surface area contributed by atoms with Crippen LogP contribution in [-0.2, 0) is 24.8 Å². The Balaban J connectivity index is 1.46. The zero-order valence-electron chi connectivity index (χ0n) is 20.5. The summed E-state index contributed by atoms with van der Waals surface area (Å²) in [5.74, 6) is -1.66. The molecule has 0 aliphatic carbocycles. The Kier molecular flexibility index (Phi) is 8.95. The van der Waals surface area contributed by atoms with Gasteiger partial charge in [0.15, 0.2) is 6.41 Å². The summed E-state index contributed by atoms with van der Waals surface area (Å²) >= 11 is 6.11. The average Bonchev–Trinajstić information content (AvgIpc) is 2.92. The molecule has 2 saturated heterocycles. The van der Waals surface area contributed by atoms with Gasteiger partial charge in [0.05, 0.1) is 10.8 Å². The second-order valence-corrected chi connectivity index (χ2v) is 13.7. The molecule has 38 heavy (non-hydrogen) atoms. The summed E-state index contributed by atoms with van der Waals surface area (Å²) < 4.78 is 68.8. The summed E-state index contributed by atoms with van der Waals surface area (Å²) in [6, 6.07) is 10.7. The van der Waals surface area contributed by atoms with Crippen molar-refractivity contribution in [2.24, 2.45) is 5.92 Å². The number of sulfonamides is 2. The van der Waals surface area contributed by atoms with Crippen molar-refractivity contribution in [1.82, 2.24) is 13.7 Å². The van der Waals surface area contributed by atoms with Crippen LogP contribution >= 0.6 is 11.6 Å². The Morgan fingerprint density at radius 3 is 2.29 bits per heavy atom. The van der Waals surface area contributed by atoms with Crippen molar-refractivity contribution in [3.8, 4) is 0 Å². The van der Waals surface area contributed by atoms with Gasteiger partial charge in [0.2, 0.25) is 20.0 Å². The lowest BCUT2D eigenvalue weighted by atomic mass is 9.92. The van der Waals surface area contributed by atoms with E-state index in [1.54, 1.807) is 24.3 Å². The maximum absolute atomic E-state index is 13.3. The van der Waals surface area contributed by atoms with Crippen LogP contribution in [0.1, 0.15) is 12.8 Å². The molecule has 0 radical (unpaired) electrons. The number of benzene rings is 2. The van der Waals surface area contributed by atoms with E-state index in [2.05, 4.69) is 0 Å². The number of hydrogen-bond donors (Lipinski definition) is 0. The Morgan fingerprint density at radius 2 is 1.66 bits per heavy atom. The highest BCUT2D eigenvalue weighted by Gasteiger charge is 2.38. The molecule has 2 heterocycles. The van der Waals surface area contributed by atoms with Gasteiger partial charge in [-0.1, -0.05) is 23.7 Å². The minimum atomic E-state index is -3.99. The van der Waals surface area contributed by atoms with E-state index in [1.807, 2.05) is 4.90 Å². The molecular formula is C24H29ClFN4O6S2-. The van der Waals surface area contributed by atoms with Crippen LogP contribution < -0.4 is 4.90 Å². The van der Waals surface area contributed by atoms with Crippen molar-refractivity contribution in [2.45, 2.75) is 23.8 Å². The number of carbonyl (C=O) groups is 1. The molecule has 2 aromatic carbocycles. The first-order valence-corrected chi connectivity index (χ1v) is 15.6. The summed E-state index contributed by atoms with van der Waals surface area (Å²) in [4.78, 5) is 13.3. The monoisotopic (exact) mass is 587 g/mol. The van der Waals surface area contributed by atoms with E-state index in [9.17, 15) is 31.2 Å². The molecular weight excluding hydrogens is 559 g/mol. The van der Waals surface area contributed by atoms with E-state index in [0.717, 1.165) is 5.69 Å². The predicted molar refractivity (Wildman–Crippen MR) is 142 cm³/mol. The van der Waals surface area contributed by atoms with Gasteiger partial charge in [-0.15, -0.1) is 0 Å². The average molecular weight is 588 g/mol. The molecule has 0 N–H and O–H groups in total. The van der Waals surface area contributed by atoms with Crippen LogP contribution in [0.2, 0.25) is 5.02 Å². The third kappa shape index (κ3) is 6.29. The van der Waals surface area contributed by atoms with Crippen molar-refractivity contribution in [3.63, 3.8) is 0 Å². The molecule has 0 aromatic heterocycles. The highest BCUT2D eigenvalue weighted by Crippen LogP contribution is 2.31. The van der Waals surface area contributed by atoms with Crippen LogP contribution in [-0.4, -0.2) is 88.0 Å². The number of piperazine rings is 1. The van der Waals surface area contributed by atoms with Crippen LogP contribution in [0.4, 0.5) is 10.1 Å². The van der Waals surface area contributed by atoms with Gasteiger partial charge in [-0.25, -0.2) is 21.2 Å². The van der Waals surface area contributed by atoms with E-state index >= 15 is 0 Å². The second-order valence-electron chi connectivity index (χ2n) is 9.37. The molecule has 2 aromatic rings. The SMILES string of the molecule is O=CN([O-])C(CS(=O)(=O)N1CCN(c2ccc(F)cc2)CC1)C1CCCN(S(=O)(=O)c2ccccc2Cl)C1. The van der Waals surface area contributed by atoms with Crippen LogP contribution in [0, 0.1) is 16.9 Å². The Labute approximate surface area is 227 Å². The number of halogens is 2. The van der Waals surface area contributed by atoms with Crippen molar-refractivity contribution >= 4 is 43.7 Å². The molecule has 2 unspecified atom stereocenters. The van der Waals surface area contributed by atoms with E-state index in [4.69, 9.17) is 11.6 Å². The van der Waals surface area contributed by atoms with Crippen LogP contribution in [0.5, 0.6) is 0 Å². The third-order valence-corrected chi connectivity index (χ3v) is 11.3. The minimum absolute atomic E-state index is 0.0359. The second kappa shape index (κ2) is 11.8. The molecule has 14 heteroatoms. The standard InChI is InChI=1S/C24H29ClFN4O6S2/c25-22-5-1-2-6-24(22)38(35,36)29-11-3-4-19(16-29)23(30(32)18-31)17-37(33,34)28-14-12-27(13-15-28)21-9-7-20(26)8-10-21/h1-2,5-10,18-19,23H,3-4,11-17H2/q-1. The molecule has 1 amide bonds. The lowest BCUT2D eigenvalue weighted by Gasteiger charge is -2.43. The Morgan fingerprint density at radius 1 is 1.00 bits per heavy atom. The summed E-state index contributed by atoms with van der Waals surface area (Å²) in [5, 5.41) is 12.7. The highest BCUT2D eigenvalue weighted by atomic mass is 35.5. The summed E-state index contributed by atoms with van der Waals surface area (Å²) in [6.45, 7) is 1.14. The number of carbonyl (C=O) groups excluding carboxylic acids is 1. The first kappa shape index (κ1) is 28.7. The number of nitrogens with zero attached hydrogens (tertiary/aromatic N) is 4. The van der Waals surface area contributed by atoms with Crippen molar-refractivity contribution < 1.29 is 26.0 Å². The highest BCUT2D eigenvalue weighted by molar-refractivity contribution is 7.89. The first-order chi connectivity index (χ1) is 18.0. The molecule has 10 nitrogen and oxygen atoms in total. The first-order valence-electron chi connectivity index (χ1n) is 12.2. The molecule has 2 atom stereocenters. The summed E-state index contributed by atoms with van der Waals surface area (Å²) in [7, 11) is -7.94. The molecule has 0 saturated carbocycles. The predicted octanol–water partition coefficient (Wildman–Crippen LogP) is 2.36. The van der Waals surface area contributed by atoms with Gasteiger partial charge in [0, 0.05) is 51.0 Å². The van der Waals surface area contributed by atoms with Gasteiger partial charge in [-0.05, 0) is 55.2 Å². The van der Waals surface area contributed by atoms with Crippen molar-refractivity contribution in [3.05, 3.63) is 64.6 Å². The fourth-order valence-corrected chi connectivity index (χ4v) is 8.80. The van der Waals surface area contributed by atoms with E-state index in [1.165, 1.54) is 32.9 Å². The number of hydrogen-bond acceptors (Lipinski definition) is 7. The van der Waals surface area contributed by atoms with E-state index in [0.29, 0.717) is 25.9 Å². The van der Waals surface area contributed by atoms with Crippen LogP contribution in [0.3, 0.4) is 0 Å². The number of rotatable bonds is 9. The van der Waals surface area contributed by atoms with Gasteiger partial charge in [0.1, 0.15) is 10.7 Å². The normalized spacial score (nSPS) is 20.7. The largest absolute Gasteiger partial charge is 0.756 e. The zero-order chi connectivity index (χ0) is 27.5. The number of piperidine rings is 1. The quantitative estimate of drug-likeness (QED) is 0.326. The summed E-state index contributed by atoms with van der Waals surface area (Å²) in [5.41, 5.74) is 0.773. The maximum atomic E-state index is 13.3. The molecule has 2 aliphatic rings. The van der Waals surface area contributed by atoms with Gasteiger partial charge in [0.25, 0.3) is 0 Å². The number of hydroxylamine groups is 2. The smallest absolute Gasteiger partial charge is 0.244 e. The molecule has 2 aliphatic heterocycles. The zero-order valence-corrected chi connectivity index (χ0v) is 22.9. The molecule has 208 valence electrons. The topological polar surface area (TPSA) is 121 Å². The molecule has 0 bridgehead atoms. The van der Waals surface area contributed by atoms with Crippen molar-refractivity contribution in [1.29, 1.82) is 0 Å². The van der Waals surface area contributed by atoms with Gasteiger partial charge >= 0.3 is 0 Å². The fraction of sp³-hybridized carbons (Fsp3) is 0.458. The number of amides is 1. The summed E-state index contributed by atoms with van der Waals surface area (Å²) in [6.07, 6.45) is 0.821. The third-order valence-electron chi connectivity index (χ3n) is 7.06. The Bertz CT molecular complexity index is 1340. The maximum Gasteiger partial charge on any atom is 0.244 e. The molecule has 4 rings (SSSR count). The lowest BCUT2D eigenvalue weighted by molar-refractivity contribution is -0.118. The van der Waals surface area contributed by atoms with Crippen LogP contribution in [0.25, 0.3) is 0 Å². The Hall–Kier alpha value is -2.29. The number of anilines is 1. The van der Waals surface area contributed by atoms with Gasteiger partial charge < -0.3 is 15.2 Å². The lowest BCUT2D eigenvalue weighted by Crippen LogP contribution is -2.54. The van der Waals surface area contributed by atoms with E-state index < -0.39 is 37.8 Å². The van der Waals surface area contributed by atoms with Gasteiger partial charge in [-0.2, -0.15) is 8.61 Å². The van der Waals surface area contributed by atoms with Crippen LogP contribution in [0.15, 0.2) is 53.4 Å². The fourth-order valence-electron chi connectivity index (χ4n) is 4.99. The van der Waals surface area contributed by atoms with Gasteiger partial charge in [-0.3, -0.25) is 4.79 Å². The molecule has 0 spiro atoms. The van der Waals surface area contributed by atoms with Crippen molar-refractivity contribution in [2.75, 3.05) is 49.9 Å².